The molecule has 0 saturated carbocycles. The zero-order valence-corrected chi connectivity index (χ0v) is 9.38. The molecule has 1 aromatic heterocycles. The Balaban J connectivity index is 2.03. The molecule has 3 heteroatoms. The first-order valence-electron chi connectivity index (χ1n) is 5.41. The summed E-state index contributed by atoms with van der Waals surface area (Å²) in [4.78, 5) is 4.26. The summed E-state index contributed by atoms with van der Waals surface area (Å²) in [5.74, 6) is 2.86. The third kappa shape index (κ3) is 1.76. The summed E-state index contributed by atoms with van der Waals surface area (Å²) >= 11 is 0. The monoisotopic (exact) mass is 225 g/mol. The fourth-order valence-electron chi connectivity index (χ4n) is 1.74. The molecule has 0 fully saturated rings. The van der Waals surface area contributed by atoms with Crippen LogP contribution in [-0.4, -0.2) is 4.98 Å². The standard InChI is InChI=1S/C14H11NO2/c1-10-14(11-6-4-5-9-15-11)17-13-8-3-2-7-12(13)16-10/h2-9H,1H3. The zero-order chi connectivity index (χ0) is 11.7. The van der Waals surface area contributed by atoms with Crippen LogP contribution in [0.15, 0.2) is 54.4 Å². The van der Waals surface area contributed by atoms with Crippen molar-refractivity contribution in [2.45, 2.75) is 6.92 Å². The van der Waals surface area contributed by atoms with E-state index in [-0.39, 0.29) is 0 Å². The summed E-state index contributed by atoms with van der Waals surface area (Å²) in [6.45, 7) is 1.87. The Morgan fingerprint density at radius 3 is 2.29 bits per heavy atom. The van der Waals surface area contributed by atoms with Crippen LogP contribution in [0.5, 0.6) is 11.5 Å². The van der Waals surface area contributed by atoms with Crippen LogP contribution in [-0.2, 0) is 0 Å². The maximum Gasteiger partial charge on any atom is 0.191 e. The van der Waals surface area contributed by atoms with Crippen molar-refractivity contribution in [1.29, 1.82) is 0 Å². The van der Waals surface area contributed by atoms with E-state index in [1.807, 2.05) is 49.4 Å². The molecule has 1 aromatic carbocycles. The number of benzene rings is 1. The van der Waals surface area contributed by atoms with E-state index >= 15 is 0 Å². The van der Waals surface area contributed by atoms with E-state index in [4.69, 9.17) is 9.47 Å². The van der Waals surface area contributed by atoms with E-state index in [9.17, 15) is 0 Å². The first-order valence-corrected chi connectivity index (χ1v) is 5.41. The summed E-state index contributed by atoms with van der Waals surface area (Å²) in [5.41, 5.74) is 0.777. The van der Waals surface area contributed by atoms with Gasteiger partial charge in [-0.2, -0.15) is 0 Å². The normalized spacial score (nSPS) is 13.7. The number of rotatable bonds is 1. The van der Waals surface area contributed by atoms with E-state index in [2.05, 4.69) is 4.98 Å². The minimum absolute atomic E-state index is 0.671. The van der Waals surface area contributed by atoms with E-state index in [0.717, 1.165) is 23.0 Å². The molecule has 17 heavy (non-hydrogen) atoms. The van der Waals surface area contributed by atoms with Gasteiger partial charge in [0.15, 0.2) is 17.3 Å². The topological polar surface area (TPSA) is 31.4 Å². The fourth-order valence-corrected chi connectivity index (χ4v) is 1.74. The van der Waals surface area contributed by atoms with Gasteiger partial charge in [0.1, 0.15) is 11.5 Å². The van der Waals surface area contributed by atoms with Crippen molar-refractivity contribution >= 4 is 5.76 Å². The molecule has 0 spiro atoms. The Kier molecular flexibility index (Phi) is 2.29. The molecular weight excluding hydrogens is 214 g/mol. The smallest absolute Gasteiger partial charge is 0.191 e. The molecule has 2 heterocycles. The number of ether oxygens (including phenoxy) is 2. The minimum Gasteiger partial charge on any atom is -0.454 e. The average molecular weight is 225 g/mol. The maximum absolute atomic E-state index is 5.82. The van der Waals surface area contributed by atoms with E-state index in [0.29, 0.717) is 5.76 Å². The predicted molar refractivity (Wildman–Crippen MR) is 64.5 cm³/mol. The molecule has 0 amide bonds. The highest BCUT2D eigenvalue weighted by molar-refractivity contribution is 5.64. The second-order valence-electron chi connectivity index (χ2n) is 3.75. The van der Waals surface area contributed by atoms with Crippen molar-refractivity contribution in [2.24, 2.45) is 0 Å². The first-order chi connectivity index (χ1) is 8.34. The van der Waals surface area contributed by atoms with Crippen molar-refractivity contribution in [3.05, 3.63) is 60.1 Å². The van der Waals surface area contributed by atoms with Gasteiger partial charge in [-0.1, -0.05) is 18.2 Å². The number of pyridine rings is 1. The first kappa shape index (κ1) is 9.90. The number of para-hydroxylation sites is 2. The second-order valence-corrected chi connectivity index (χ2v) is 3.75. The van der Waals surface area contributed by atoms with E-state index in [1.54, 1.807) is 6.20 Å². The Bertz CT molecular complexity index is 576. The molecule has 3 nitrogen and oxygen atoms in total. The van der Waals surface area contributed by atoms with Gasteiger partial charge >= 0.3 is 0 Å². The van der Waals surface area contributed by atoms with Gasteiger partial charge in [-0.25, -0.2) is 0 Å². The van der Waals surface area contributed by atoms with Crippen LogP contribution in [0.25, 0.3) is 5.76 Å². The second kappa shape index (κ2) is 3.94. The molecule has 0 aliphatic carbocycles. The van der Waals surface area contributed by atoms with Gasteiger partial charge in [0, 0.05) is 6.20 Å². The average Bonchev–Trinajstić information content (AvgIpc) is 2.39. The van der Waals surface area contributed by atoms with Crippen molar-refractivity contribution in [3.63, 3.8) is 0 Å². The van der Waals surface area contributed by atoms with Crippen molar-refractivity contribution in [3.8, 4) is 11.5 Å². The van der Waals surface area contributed by atoms with Gasteiger partial charge in [-0.05, 0) is 31.2 Å². The van der Waals surface area contributed by atoms with Crippen LogP contribution in [0.4, 0.5) is 0 Å². The van der Waals surface area contributed by atoms with Gasteiger partial charge in [0.05, 0.1) is 0 Å². The Labute approximate surface area is 99.3 Å². The van der Waals surface area contributed by atoms with Crippen LogP contribution in [0.3, 0.4) is 0 Å². The lowest BCUT2D eigenvalue weighted by Crippen LogP contribution is -2.10. The number of allylic oxidation sites excluding steroid dienone is 1. The lowest BCUT2D eigenvalue weighted by molar-refractivity contribution is 0.346. The van der Waals surface area contributed by atoms with Crippen molar-refractivity contribution in [1.82, 2.24) is 4.98 Å². The fraction of sp³-hybridized carbons (Fsp3) is 0.0714. The maximum atomic E-state index is 5.82. The Morgan fingerprint density at radius 2 is 1.59 bits per heavy atom. The molecule has 1 aliphatic heterocycles. The van der Waals surface area contributed by atoms with Crippen molar-refractivity contribution < 1.29 is 9.47 Å². The highest BCUT2D eigenvalue weighted by Crippen LogP contribution is 2.37. The van der Waals surface area contributed by atoms with Gasteiger partial charge < -0.3 is 9.47 Å². The summed E-state index contributed by atoms with van der Waals surface area (Å²) in [5, 5.41) is 0. The van der Waals surface area contributed by atoms with Gasteiger partial charge in [0.2, 0.25) is 0 Å². The van der Waals surface area contributed by atoms with Gasteiger partial charge in [0.25, 0.3) is 0 Å². The third-order valence-corrected chi connectivity index (χ3v) is 2.54. The lowest BCUT2D eigenvalue weighted by Gasteiger charge is -2.21. The molecule has 0 atom stereocenters. The quantitative estimate of drug-likeness (QED) is 0.746. The van der Waals surface area contributed by atoms with Crippen molar-refractivity contribution in [2.75, 3.05) is 0 Å². The Morgan fingerprint density at radius 1 is 0.882 bits per heavy atom. The molecule has 3 rings (SSSR count). The molecule has 0 unspecified atom stereocenters. The molecule has 0 N–H and O–H groups in total. The minimum atomic E-state index is 0.671. The number of aromatic nitrogens is 1. The molecule has 2 aromatic rings. The van der Waals surface area contributed by atoms with Crippen LogP contribution < -0.4 is 9.47 Å². The lowest BCUT2D eigenvalue weighted by atomic mass is 10.2. The van der Waals surface area contributed by atoms with Crippen LogP contribution in [0, 0.1) is 0 Å². The number of hydrogen-bond acceptors (Lipinski definition) is 3. The SMILES string of the molecule is CC1=C(c2ccccn2)Oc2ccccc2O1. The molecule has 0 radical (unpaired) electrons. The molecule has 0 bridgehead atoms. The summed E-state index contributed by atoms with van der Waals surface area (Å²) < 4.78 is 11.5. The Hall–Kier alpha value is -2.29. The molecular formula is C14H11NO2. The molecule has 0 saturated heterocycles. The van der Waals surface area contributed by atoms with Gasteiger partial charge in [-0.15, -0.1) is 0 Å². The van der Waals surface area contributed by atoms with E-state index < -0.39 is 0 Å². The highest BCUT2D eigenvalue weighted by atomic mass is 16.6. The molecule has 1 aliphatic rings. The third-order valence-electron chi connectivity index (χ3n) is 2.54. The summed E-state index contributed by atoms with van der Waals surface area (Å²) in [6, 6.07) is 13.3. The largest absolute Gasteiger partial charge is 0.454 e. The van der Waals surface area contributed by atoms with E-state index in [1.165, 1.54) is 0 Å². The molecule has 84 valence electrons. The predicted octanol–water partition coefficient (Wildman–Crippen LogP) is 3.24. The van der Waals surface area contributed by atoms with Crippen LogP contribution in [0.1, 0.15) is 12.6 Å². The summed E-state index contributed by atoms with van der Waals surface area (Å²) in [7, 11) is 0. The summed E-state index contributed by atoms with van der Waals surface area (Å²) in [6.07, 6.45) is 1.74. The highest BCUT2D eigenvalue weighted by Gasteiger charge is 2.20. The zero-order valence-electron chi connectivity index (χ0n) is 9.38. The number of fused-ring (bicyclic) bond motifs is 1. The van der Waals surface area contributed by atoms with Crippen LogP contribution in [0.2, 0.25) is 0 Å². The number of nitrogens with zero attached hydrogens (tertiary/aromatic N) is 1. The van der Waals surface area contributed by atoms with Crippen LogP contribution >= 0.6 is 0 Å². The van der Waals surface area contributed by atoms with Gasteiger partial charge in [-0.3, -0.25) is 4.98 Å². The number of hydrogen-bond donors (Lipinski definition) is 0.